The zero-order chi connectivity index (χ0) is 14.4. The summed E-state index contributed by atoms with van der Waals surface area (Å²) in [4.78, 5) is 16.5. The zero-order valence-corrected chi connectivity index (χ0v) is 12.5. The number of aromatic nitrogens is 2. The van der Waals surface area contributed by atoms with Crippen molar-refractivity contribution in [2.24, 2.45) is 24.8 Å². The van der Waals surface area contributed by atoms with E-state index >= 15 is 0 Å². The Morgan fingerprint density at radius 1 is 1.38 bits per heavy atom. The summed E-state index contributed by atoms with van der Waals surface area (Å²) in [7, 11) is 1.88. The summed E-state index contributed by atoms with van der Waals surface area (Å²) in [5.41, 5.74) is 0.519. The lowest BCUT2D eigenvalue weighted by atomic mass is 9.61. The van der Waals surface area contributed by atoms with E-state index in [9.17, 15) is 4.79 Å². The van der Waals surface area contributed by atoms with Gasteiger partial charge in [-0.3, -0.25) is 4.79 Å². The van der Waals surface area contributed by atoms with Crippen molar-refractivity contribution in [1.82, 2.24) is 14.9 Å². The minimum absolute atomic E-state index is 0.0334. The number of hydrogen-bond donors (Lipinski definition) is 1. The number of carbonyl (C=O) groups excluding carboxylic acids is 1. The van der Waals surface area contributed by atoms with Crippen LogP contribution in [0.1, 0.15) is 42.6 Å². The number of aryl methyl sites for hydroxylation is 1. The van der Waals surface area contributed by atoms with Gasteiger partial charge in [-0.25, -0.2) is 4.98 Å². The van der Waals surface area contributed by atoms with Crippen LogP contribution in [0.25, 0.3) is 0 Å². The Kier molecular flexibility index (Phi) is 3.25. The molecule has 21 heavy (non-hydrogen) atoms. The summed E-state index contributed by atoms with van der Waals surface area (Å²) < 4.78 is 7.74. The average Bonchev–Trinajstić information content (AvgIpc) is 3.17. The van der Waals surface area contributed by atoms with Crippen LogP contribution in [0.2, 0.25) is 0 Å². The standard InChI is InChI=1S/C16H23N3O2/c1-19-8-12(17-9-19)16(20)18-14-11-6-7-21-15(11)13(14)10-4-2-3-5-10/h8-11,13-15H,2-7H2,1H3,(H,18,20)/t11-,13+,14+,15-/m1/s1. The van der Waals surface area contributed by atoms with Crippen molar-refractivity contribution in [1.29, 1.82) is 0 Å². The number of imidazole rings is 1. The molecule has 3 aliphatic rings. The first-order chi connectivity index (χ1) is 10.2. The number of rotatable bonds is 3. The molecule has 1 N–H and O–H groups in total. The molecule has 4 atom stereocenters. The summed E-state index contributed by atoms with van der Waals surface area (Å²) in [6, 6.07) is 0.287. The second-order valence-electron chi connectivity index (χ2n) is 6.83. The minimum atomic E-state index is -0.0334. The van der Waals surface area contributed by atoms with Crippen LogP contribution in [-0.2, 0) is 11.8 Å². The number of nitrogens with zero attached hydrogens (tertiary/aromatic N) is 2. The third kappa shape index (κ3) is 2.18. The van der Waals surface area contributed by atoms with Gasteiger partial charge in [-0.05, 0) is 12.3 Å². The molecule has 1 amide bonds. The molecular formula is C16H23N3O2. The molecule has 2 saturated carbocycles. The highest BCUT2D eigenvalue weighted by Gasteiger charge is 2.57. The van der Waals surface area contributed by atoms with E-state index < -0.39 is 0 Å². The molecule has 1 aliphatic heterocycles. The molecule has 0 radical (unpaired) electrons. The Hall–Kier alpha value is -1.36. The van der Waals surface area contributed by atoms with E-state index in [1.54, 1.807) is 12.5 Å². The van der Waals surface area contributed by atoms with Gasteiger partial charge < -0.3 is 14.6 Å². The summed E-state index contributed by atoms with van der Waals surface area (Å²) in [6.45, 7) is 0.856. The van der Waals surface area contributed by atoms with E-state index in [2.05, 4.69) is 10.3 Å². The first kappa shape index (κ1) is 13.3. The third-order valence-corrected chi connectivity index (χ3v) is 5.62. The highest BCUT2D eigenvalue weighted by Crippen LogP contribution is 2.51. The van der Waals surface area contributed by atoms with Gasteiger partial charge in [0.05, 0.1) is 12.4 Å². The quantitative estimate of drug-likeness (QED) is 0.922. The largest absolute Gasteiger partial charge is 0.377 e. The highest BCUT2D eigenvalue weighted by atomic mass is 16.5. The van der Waals surface area contributed by atoms with Crippen LogP contribution in [0.15, 0.2) is 12.5 Å². The number of carbonyl (C=O) groups is 1. The van der Waals surface area contributed by atoms with E-state index in [0.29, 0.717) is 23.6 Å². The Morgan fingerprint density at radius 3 is 2.90 bits per heavy atom. The van der Waals surface area contributed by atoms with E-state index in [1.165, 1.54) is 25.7 Å². The second-order valence-corrected chi connectivity index (χ2v) is 6.83. The van der Waals surface area contributed by atoms with Gasteiger partial charge in [0, 0.05) is 37.7 Å². The molecule has 0 bridgehead atoms. The monoisotopic (exact) mass is 289 g/mol. The molecule has 0 aromatic carbocycles. The van der Waals surface area contributed by atoms with Gasteiger partial charge in [0.25, 0.3) is 5.91 Å². The molecule has 2 aliphatic carbocycles. The van der Waals surface area contributed by atoms with Crippen LogP contribution in [0, 0.1) is 17.8 Å². The fourth-order valence-electron chi connectivity index (χ4n) is 4.62. The first-order valence-corrected chi connectivity index (χ1v) is 8.14. The summed E-state index contributed by atoms with van der Waals surface area (Å²) in [5.74, 6) is 1.74. The fraction of sp³-hybridized carbons (Fsp3) is 0.750. The molecule has 1 aromatic rings. The van der Waals surface area contributed by atoms with Gasteiger partial charge in [-0.1, -0.05) is 25.7 Å². The average molecular weight is 289 g/mol. The fourth-order valence-corrected chi connectivity index (χ4v) is 4.62. The van der Waals surface area contributed by atoms with Crippen LogP contribution in [0.3, 0.4) is 0 Å². The molecule has 5 nitrogen and oxygen atoms in total. The van der Waals surface area contributed by atoms with Crippen molar-refractivity contribution in [3.05, 3.63) is 18.2 Å². The minimum Gasteiger partial charge on any atom is -0.377 e. The van der Waals surface area contributed by atoms with Gasteiger partial charge in [-0.2, -0.15) is 0 Å². The van der Waals surface area contributed by atoms with Gasteiger partial charge in [0.1, 0.15) is 5.69 Å². The van der Waals surface area contributed by atoms with Crippen LogP contribution < -0.4 is 5.32 Å². The van der Waals surface area contributed by atoms with Crippen molar-refractivity contribution in [3.63, 3.8) is 0 Å². The van der Waals surface area contributed by atoms with Crippen LogP contribution in [-0.4, -0.2) is 34.2 Å². The lowest BCUT2D eigenvalue weighted by Crippen LogP contribution is -2.63. The Morgan fingerprint density at radius 2 is 2.19 bits per heavy atom. The predicted molar refractivity (Wildman–Crippen MR) is 77.8 cm³/mol. The maximum absolute atomic E-state index is 12.4. The SMILES string of the molecule is Cn1cnc(C(=O)N[C@H]2[C@H]3CCO[C@H]3[C@H]2C2CCCC2)c1. The maximum atomic E-state index is 12.4. The Balaban J connectivity index is 1.48. The third-order valence-electron chi connectivity index (χ3n) is 5.62. The molecular weight excluding hydrogens is 266 g/mol. The van der Waals surface area contributed by atoms with E-state index in [0.717, 1.165) is 18.9 Å². The number of ether oxygens (including phenoxy) is 1. The molecule has 1 saturated heterocycles. The van der Waals surface area contributed by atoms with E-state index in [1.807, 2.05) is 11.6 Å². The van der Waals surface area contributed by atoms with Crippen molar-refractivity contribution >= 4 is 5.91 Å². The predicted octanol–water partition coefficient (Wildman–Crippen LogP) is 1.74. The van der Waals surface area contributed by atoms with Crippen molar-refractivity contribution in [3.8, 4) is 0 Å². The van der Waals surface area contributed by atoms with Crippen molar-refractivity contribution < 1.29 is 9.53 Å². The molecule has 3 fully saturated rings. The van der Waals surface area contributed by atoms with Gasteiger partial charge in [0.2, 0.25) is 0 Å². The van der Waals surface area contributed by atoms with Crippen LogP contribution >= 0.6 is 0 Å². The summed E-state index contributed by atoms with van der Waals surface area (Å²) in [6.07, 6.45) is 10.2. The van der Waals surface area contributed by atoms with E-state index in [-0.39, 0.29) is 11.9 Å². The highest BCUT2D eigenvalue weighted by molar-refractivity contribution is 5.92. The van der Waals surface area contributed by atoms with E-state index in [4.69, 9.17) is 4.74 Å². The van der Waals surface area contributed by atoms with Gasteiger partial charge in [-0.15, -0.1) is 0 Å². The van der Waals surface area contributed by atoms with Crippen LogP contribution in [0.4, 0.5) is 0 Å². The molecule has 1 aromatic heterocycles. The molecule has 5 heteroatoms. The Bertz CT molecular complexity index is 531. The first-order valence-electron chi connectivity index (χ1n) is 8.14. The maximum Gasteiger partial charge on any atom is 0.271 e. The molecule has 2 heterocycles. The molecule has 114 valence electrons. The lowest BCUT2D eigenvalue weighted by Gasteiger charge is -2.50. The topological polar surface area (TPSA) is 56.2 Å². The van der Waals surface area contributed by atoms with Gasteiger partial charge in [0.15, 0.2) is 0 Å². The lowest BCUT2D eigenvalue weighted by molar-refractivity contribution is -0.0784. The normalized spacial score (nSPS) is 35.5. The number of nitrogens with one attached hydrogen (secondary N) is 1. The number of amides is 1. The summed E-state index contributed by atoms with van der Waals surface area (Å²) >= 11 is 0. The van der Waals surface area contributed by atoms with Gasteiger partial charge >= 0.3 is 0 Å². The smallest absolute Gasteiger partial charge is 0.271 e. The molecule has 0 spiro atoms. The van der Waals surface area contributed by atoms with Crippen LogP contribution in [0.5, 0.6) is 0 Å². The number of fused-ring (bicyclic) bond motifs is 1. The number of hydrogen-bond acceptors (Lipinski definition) is 3. The summed E-state index contributed by atoms with van der Waals surface area (Å²) in [5, 5.41) is 3.25. The molecule has 0 unspecified atom stereocenters. The zero-order valence-electron chi connectivity index (χ0n) is 12.5. The Labute approximate surface area is 125 Å². The molecule has 4 rings (SSSR count). The van der Waals surface area contributed by atoms with Crippen molar-refractivity contribution in [2.75, 3.05) is 6.61 Å². The van der Waals surface area contributed by atoms with Crippen molar-refractivity contribution in [2.45, 2.75) is 44.2 Å². The second kappa shape index (κ2) is 5.13.